The first kappa shape index (κ1) is 19.3. The predicted octanol–water partition coefficient (Wildman–Crippen LogP) is 3.27. The molecule has 1 aromatic carbocycles. The Hall–Kier alpha value is -1.73. The zero-order valence-corrected chi connectivity index (χ0v) is 15.1. The van der Waals surface area contributed by atoms with Gasteiger partial charge in [0.25, 0.3) is 0 Å². The number of hydroxylamine groups is 2. The number of amides is 2. The minimum atomic E-state index is -0.590. The summed E-state index contributed by atoms with van der Waals surface area (Å²) in [6, 6.07) is 5.43. The van der Waals surface area contributed by atoms with Crippen molar-refractivity contribution in [3.8, 4) is 0 Å². The molecule has 0 radical (unpaired) electrons. The average Bonchev–Trinajstić information content (AvgIpc) is 2.44. The van der Waals surface area contributed by atoms with E-state index < -0.39 is 11.7 Å². The molecular weight excluding hydrogens is 316 g/mol. The molecular formula is C16H24N2O4S. The molecule has 0 aromatic heterocycles. The number of anilines is 1. The summed E-state index contributed by atoms with van der Waals surface area (Å²) in [6.07, 6.45) is 0.150. The van der Waals surface area contributed by atoms with Crippen molar-refractivity contribution in [1.29, 1.82) is 0 Å². The van der Waals surface area contributed by atoms with E-state index in [-0.39, 0.29) is 12.3 Å². The van der Waals surface area contributed by atoms with Gasteiger partial charge in [0.05, 0.1) is 12.8 Å². The number of carbonyl (C=O) groups is 2. The summed E-state index contributed by atoms with van der Waals surface area (Å²) < 4.78 is 5.25. The van der Waals surface area contributed by atoms with E-state index >= 15 is 0 Å². The van der Waals surface area contributed by atoms with Crippen LogP contribution in [-0.2, 0) is 20.8 Å². The highest BCUT2D eigenvalue weighted by atomic mass is 32.1. The van der Waals surface area contributed by atoms with Crippen LogP contribution in [0.5, 0.6) is 0 Å². The van der Waals surface area contributed by atoms with E-state index in [9.17, 15) is 9.59 Å². The highest BCUT2D eigenvalue weighted by molar-refractivity contribution is 7.80. The maximum absolute atomic E-state index is 12.0. The third kappa shape index (κ3) is 6.50. The van der Waals surface area contributed by atoms with Crippen molar-refractivity contribution in [3.63, 3.8) is 0 Å². The molecule has 0 aliphatic carbocycles. The van der Waals surface area contributed by atoms with Crippen LogP contribution in [0.4, 0.5) is 10.5 Å². The summed E-state index contributed by atoms with van der Waals surface area (Å²) in [5.41, 5.74) is 0.770. The molecule has 1 rings (SSSR count). The van der Waals surface area contributed by atoms with Crippen LogP contribution in [0.1, 0.15) is 32.8 Å². The molecule has 2 amide bonds. The van der Waals surface area contributed by atoms with Gasteiger partial charge in [-0.05, 0) is 38.8 Å². The number of aryl methyl sites for hydroxylation is 1. The third-order valence-electron chi connectivity index (χ3n) is 2.99. The summed E-state index contributed by atoms with van der Waals surface area (Å²) in [5.74, 6) is -0.153. The second-order valence-corrected chi connectivity index (χ2v) is 6.49. The van der Waals surface area contributed by atoms with Crippen molar-refractivity contribution < 1.29 is 19.2 Å². The Morgan fingerprint density at radius 1 is 1.30 bits per heavy atom. The molecule has 0 unspecified atom stereocenters. The lowest BCUT2D eigenvalue weighted by atomic mass is 10.1. The Balaban J connectivity index is 2.83. The first-order valence-corrected chi connectivity index (χ1v) is 7.70. The number of nitrogens with one attached hydrogen (secondary N) is 1. The monoisotopic (exact) mass is 340 g/mol. The van der Waals surface area contributed by atoms with Gasteiger partial charge in [0.15, 0.2) is 0 Å². The van der Waals surface area contributed by atoms with E-state index in [1.165, 1.54) is 12.2 Å². The van der Waals surface area contributed by atoms with E-state index in [1.807, 2.05) is 12.1 Å². The standard InChI is InChI=1S/C16H24N2O4S/c1-16(2,3)22-15(20)17-14-11(7-6-8-12(14)23)9-10-13(19)18(4)21-5/h6-8,23H,9-10H2,1-5H3,(H,17,20). The van der Waals surface area contributed by atoms with Crippen LogP contribution in [-0.4, -0.2) is 36.8 Å². The van der Waals surface area contributed by atoms with Crippen molar-refractivity contribution in [1.82, 2.24) is 5.06 Å². The molecule has 0 spiro atoms. The SMILES string of the molecule is CON(C)C(=O)CCc1cccc(S)c1NC(=O)OC(C)(C)C. The van der Waals surface area contributed by atoms with Gasteiger partial charge in [-0.2, -0.15) is 0 Å². The van der Waals surface area contributed by atoms with E-state index in [1.54, 1.807) is 33.9 Å². The Labute approximate surface area is 142 Å². The van der Waals surface area contributed by atoms with Crippen molar-refractivity contribution in [2.75, 3.05) is 19.5 Å². The lowest BCUT2D eigenvalue weighted by Crippen LogP contribution is -2.28. The summed E-state index contributed by atoms with van der Waals surface area (Å²) >= 11 is 4.37. The number of ether oxygens (including phenoxy) is 1. The fraction of sp³-hybridized carbons (Fsp3) is 0.500. The number of benzene rings is 1. The van der Waals surface area contributed by atoms with Crippen molar-refractivity contribution in [2.24, 2.45) is 0 Å². The Kier molecular flexibility index (Phi) is 6.90. The quantitative estimate of drug-likeness (QED) is 0.638. The first-order chi connectivity index (χ1) is 10.6. The molecule has 1 N–H and O–H groups in total. The van der Waals surface area contributed by atoms with Crippen LogP contribution in [0, 0.1) is 0 Å². The first-order valence-electron chi connectivity index (χ1n) is 7.25. The molecule has 23 heavy (non-hydrogen) atoms. The van der Waals surface area contributed by atoms with Gasteiger partial charge in [-0.1, -0.05) is 12.1 Å². The fourth-order valence-corrected chi connectivity index (χ4v) is 2.13. The van der Waals surface area contributed by atoms with Crippen LogP contribution in [0.3, 0.4) is 0 Å². The molecule has 0 aliphatic rings. The number of thiol groups is 1. The van der Waals surface area contributed by atoms with Gasteiger partial charge < -0.3 is 4.74 Å². The molecule has 0 bridgehead atoms. The molecule has 0 saturated carbocycles. The predicted molar refractivity (Wildman–Crippen MR) is 91.7 cm³/mol. The van der Waals surface area contributed by atoms with Gasteiger partial charge in [-0.25, -0.2) is 9.86 Å². The second-order valence-electron chi connectivity index (χ2n) is 6.01. The molecule has 0 aliphatic heterocycles. The number of carbonyl (C=O) groups excluding carboxylic acids is 2. The number of nitrogens with zero attached hydrogens (tertiary/aromatic N) is 1. The van der Waals surface area contributed by atoms with E-state index in [0.29, 0.717) is 17.0 Å². The summed E-state index contributed by atoms with van der Waals surface area (Å²) in [4.78, 5) is 29.3. The van der Waals surface area contributed by atoms with Gasteiger partial charge in [0.1, 0.15) is 5.60 Å². The number of hydrogen-bond acceptors (Lipinski definition) is 5. The topological polar surface area (TPSA) is 67.9 Å². The van der Waals surface area contributed by atoms with E-state index in [0.717, 1.165) is 5.56 Å². The highest BCUT2D eigenvalue weighted by Crippen LogP contribution is 2.26. The highest BCUT2D eigenvalue weighted by Gasteiger charge is 2.18. The average molecular weight is 340 g/mol. The number of hydrogen-bond donors (Lipinski definition) is 2. The van der Waals surface area contributed by atoms with Gasteiger partial charge >= 0.3 is 6.09 Å². The minimum absolute atomic E-state index is 0.153. The largest absolute Gasteiger partial charge is 0.444 e. The van der Waals surface area contributed by atoms with Gasteiger partial charge in [-0.3, -0.25) is 14.9 Å². The molecule has 128 valence electrons. The second kappa shape index (κ2) is 8.21. The Bertz CT molecular complexity index is 570. The molecule has 0 heterocycles. The normalized spacial score (nSPS) is 11.0. The summed E-state index contributed by atoms with van der Waals surface area (Å²) in [6.45, 7) is 5.37. The Morgan fingerprint density at radius 3 is 2.52 bits per heavy atom. The van der Waals surface area contributed by atoms with Gasteiger partial charge in [0.2, 0.25) is 5.91 Å². The van der Waals surface area contributed by atoms with Crippen LogP contribution in [0.25, 0.3) is 0 Å². The molecule has 0 atom stereocenters. The van der Waals surface area contributed by atoms with E-state index in [4.69, 9.17) is 9.57 Å². The number of para-hydroxylation sites is 1. The fourth-order valence-electron chi connectivity index (χ4n) is 1.85. The summed E-state index contributed by atoms with van der Waals surface area (Å²) in [7, 11) is 2.99. The zero-order chi connectivity index (χ0) is 17.6. The van der Waals surface area contributed by atoms with Crippen molar-refractivity contribution in [3.05, 3.63) is 23.8 Å². The van der Waals surface area contributed by atoms with Crippen molar-refractivity contribution in [2.45, 2.75) is 44.1 Å². The smallest absolute Gasteiger partial charge is 0.412 e. The lowest BCUT2D eigenvalue weighted by molar-refractivity contribution is -0.168. The molecule has 0 saturated heterocycles. The zero-order valence-electron chi connectivity index (χ0n) is 14.2. The van der Waals surface area contributed by atoms with E-state index in [2.05, 4.69) is 17.9 Å². The van der Waals surface area contributed by atoms with Crippen LogP contribution < -0.4 is 5.32 Å². The minimum Gasteiger partial charge on any atom is -0.444 e. The van der Waals surface area contributed by atoms with Crippen molar-refractivity contribution >= 4 is 30.3 Å². The van der Waals surface area contributed by atoms with Crippen LogP contribution >= 0.6 is 12.6 Å². The van der Waals surface area contributed by atoms with Gasteiger partial charge in [-0.15, -0.1) is 12.6 Å². The summed E-state index contributed by atoms with van der Waals surface area (Å²) in [5, 5.41) is 3.88. The van der Waals surface area contributed by atoms with Crippen LogP contribution in [0.2, 0.25) is 0 Å². The maximum atomic E-state index is 12.0. The molecule has 6 nitrogen and oxygen atoms in total. The lowest BCUT2D eigenvalue weighted by Gasteiger charge is -2.21. The molecule has 7 heteroatoms. The number of rotatable bonds is 5. The molecule has 0 fully saturated rings. The Morgan fingerprint density at radius 2 is 1.96 bits per heavy atom. The van der Waals surface area contributed by atoms with Crippen LogP contribution in [0.15, 0.2) is 23.1 Å². The third-order valence-corrected chi connectivity index (χ3v) is 3.36. The molecule has 1 aromatic rings. The van der Waals surface area contributed by atoms with Gasteiger partial charge in [0, 0.05) is 18.4 Å². The maximum Gasteiger partial charge on any atom is 0.412 e.